The van der Waals surface area contributed by atoms with E-state index in [9.17, 15) is 9.18 Å². The molecule has 104 valence electrons. The van der Waals surface area contributed by atoms with E-state index in [0.717, 1.165) is 0 Å². The topological polar surface area (TPSA) is 77.2 Å². The van der Waals surface area contributed by atoms with E-state index in [0.29, 0.717) is 16.9 Å². The number of nitrogens with two attached hydrogens (primary N) is 1. The number of nitrogens with zero attached hydrogens (tertiary/aromatic N) is 1. The second-order valence-corrected chi connectivity index (χ2v) is 4.25. The lowest BCUT2D eigenvalue weighted by Crippen LogP contribution is -2.08. The van der Waals surface area contributed by atoms with Crippen molar-refractivity contribution in [3.8, 4) is 0 Å². The molecular formula is C14H14FN3O2. The molecule has 0 amide bonds. The second kappa shape index (κ2) is 5.56. The summed E-state index contributed by atoms with van der Waals surface area (Å²) in [7, 11) is 1.26. The van der Waals surface area contributed by atoms with Crippen LogP contribution >= 0.6 is 0 Å². The van der Waals surface area contributed by atoms with Gasteiger partial charge in [-0.05, 0) is 30.7 Å². The second-order valence-electron chi connectivity index (χ2n) is 4.25. The maximum Gasteiger partial charge on any atom is 0.341 e. The van der Waals surface area contributed by atoms with Crippen molar-refractivity contribution in [1.29, 1.82) is 0 Å². The molecule has 0 saturated carbocycles. The van der Waals surface area contributed by atoms with Crippen molar-refractivity contribution in [2.45, 2.75) is 6.92 Å². The molecule has 5 nitrogen and oxygen atoms in total. The molecule has 0 aliphatic heterocycles. The lowest BCUT2D eigenvalue weighted by Gasteiger charge is -2.11. The Kier molecular flexibility index (Phi) is 3.84. The molecule has 6 heteroatoms. The Morgan fingerprint density at radius 1 is 1.40 bits per heavy atom. The van der Waals surface area contributed by atoms with Crippen LogP contribution in [0.1, 0.15) is 15.9 Å². The fourth-order valence-corrected chi connectivity index (χ4v) is 1.65. The molecule has 1 aromatic heterocycles. The molecule has 1 heterocycles. The lowest BCUT2D eigenvalue weighted by atomic mass is 10.2. The van der Waals surface area contributed by atoms with Gasteiger partial charge >= 0.3 is 5.97 Å². The number of rotatable bonds is 3. The predicted molar refractivity (Wildman–Crippen MR) is 74.4 cm³/mol. The molecule has 0 unspecified atom stereocenters. The van der Waals surface area contributed by atoms with Gasteiger partial charge in [-0.15, -0.1) is 0 Å². The molecule has 0 radical (unpaired) electrons. The first-order chi connectivity index (χ1) is 9.51. The van der Waals surface area contributed by atoms with Gasteiger partial charge < -0.3 is 15.8 Å². The summed E-state index contributed by atoms with van der Waals surface area (Å²) in [5.41, 5.74) is 7.14. The Labute approximate surface area is 115 Å². The first-order valence-electron chi connectivity index (χ1n) is 5.88. The number of aryl methyl sites for hydroxylation is 1. The minimum absolute atomic E-state index is 0.188. The van der Waals surface area contributed by atoms with E-state index in [1.165, 1.54) is 25.4 Å². The Hall–Kier alpha value is -2.63. The fraction of sp³-hybridized carbons (Fsp3) is 0.143. The summed E-state index contributed by atoms with van der Waals surface area (Å²) in [4.78, 5) is 15.7. The molecule has 3 N–H and O–H groups in total. The highest BCUT2D eigenvalue weighted by Gasteiger charge is 2.14. The van der Waals surface area contributed by atoms with Crippen LogP contribution in [0.5, 0.6) is 0 Å². The Morgan fingerprint density at radius 3 is 2.80 bits per heavy atom. The average molecular weight is 275 g/mol. The van der Waals surface area contributed by atoms with Gasteiger partial charge in [0.25, 0.3) is 0 Å². The van der Waals surface area contributed by atoms with Crippen LogP contribution < -0.4 is 11.1 Å². The highest BCUT2D eigenvalue weighted by molar-refractivity contribution is 5.96. The number of carbonyl (C=O) groups is 1. The molecular weight excluding hydrogens is 261 g/mol. The summed E-state index contributed by atoms with van der Waals surface area (Å²) in [6.45, 7) is 1.67. The number of carbonyl (C=O) groups excluding carboxylic acids is 1. The van der Waals surface area contributed by atoms with E-state index < -0.39 is 5.97 Å². The van der Waals surface area contributed by atoms with E-state index in [1.54, 1.807) is 19.1 Å². The zero-order valence-corrected chi connectivity index (χ0v) is 11.1. The number of anilines is 3. The summed E-state index contributed by atoms with van der Waals surface area (Å²) in [6, 6.07) is 6.10. The van der Waals surface area contributed by atoms with E-state index in [2.05, 4.69) is 15.0 Å². The quantitative estimate of drug-likeness (QED) is 0.842. The van der Waals surface area contributed by atoms with Crippen molar-refractivity contribution >= 4 is 23.2 Å². The number of nitrogen functional groups attached to an aromatic ring is 1. The molecule has 2 aromatic rings. The van der Waals surface area contributed by atoms with Crippen LogP contribution in [0.15, 0.2) is 30.5 Å². The van der Waals surface area contributed by atoms with Gasteiger partial charge in [-0.2, -0.15) is 0 Å². The van der Waals surface area contributed by atoms with Crippen LogP contribution in [0.4, 0.5) is 21.6 Å². The molecule has 0 spiro atoms. The molecule has 0 aliphatic carbocycles. The van der Waals surface area contributed by atoms with Crippen LogP contribution in [0.3, 0.4) is 0 Å². The molecule has 0 aliphatic rings. The number of esters is 1. The number of ether oxygens (including phenoxy) is 1. The molecule has 0 atom stereocenters. The zero-order valence-electron chi connectivity index (χ0n) is 11.1. The summed E-state index contributed by atoms with van der Waals surface area (Å²) in [6.07, 6.45) is 1.40. The molecule has 0 bridgehead atoms. The van der Waals surface area contributed by atoms with Gasteiger partial charge in [0.2, 0.25) is 0 Å². The number of nitrogens with one attached hydrogen (secondary N) is 1. The predicted octanol–water partition coefficient (Wildman–Crippen LogP) is 2.64. The highest BCUT2D eigenvalue weighted by atomic mass is 19.1. The largest absolute Gasteiger partial charge is 0.465 e. The van der Waals surface area contributed by atoms with E-state index in [-0.39, 0.29) is 17.2 Å². The van der Waals surface area contributed by atoms with Crippen molar-refractivity contribution in [3.63, 3.8) is 0 Å². The average Bonchev–Trinajstić information content (AvgIpc) is 2.44. The number of methoxy groups -OCH3 is 1. The lowest BCUT2D eigenvalue weighted by molar-refractivity contribution is 0.0601. The standard InChI is InChI=1S/C14H14FN3O2/c1-8-3-4-10(6-12(8)15)18-13-11(14(19)20-2)5-9(16)7-17-13/h3-7H,16H2,1-2H3,(H,17,18). The van der Waals surface area contributed by atoms with Crippen LogP contribution in [0.25, 0.3) is 0 Å². The number of hydrogen-bond acceptors (Lipinski definition) is 5. The minimum Gasteiger partial charge on any atom is -0.465 e. The Balaban J connectivity index is 2.37. The van der Waals surface area contributed by atoms with Gasteiger partial charge in [0.1, 0.15) is 17.2 Å². The van der Waals surface area contributed by atoms with Crippen LogP contribution in [-0.2, 0) is 4.74 Å². The van der Waals surface area contributed by atoms with E-state index >= 15 is 0 Å². The van der Waals surface area contributed by atoms with Crippen molar-refractivity contribution in [2.24, 2.45) is 0 Å². The number of halogens is 1. The third kappa shape index (κ3) is 2.85. The number of hydrogen-bond donors (Lipinski definition) is 2. The maximum atomic E-state index is 13.5. The molecule has 1 aromatic carbocycles. The van der Waals surface area contributed by atoms with Crippen LogP contribution in [0, 0.1) is 12.7 Å². The molecule has 2 rings (SSSR count). The smallest absolute Gasteiger partial charge is 0.341 e. The normalized spacial score (nSPS) is 10.2. The summed E-state index contributed by atoms with van der Waals surface area (Å²) in [5.74, 6) is -0.653. The summed E-state index contributed by atoms with van der Waals surface area (Å²) >= 11 is 0. The SMILES string of the molecule is COC(=O)c1cc(N)cnc1Nc1ccc(C)c(F)c1. The summed E-state index contributed by atoms with van der Waals surface area (Å²) < 4.78 is 18.2. The van der Waals surface area contributed by atoms with Crippen LogP contribution in [-0.4, -0.2) is 18.1 Å². The highest BCUT2D eigenvalue weighted by Crippen LogP contribution is 2.22. The number of pyridine rings is 1. The van der Waals surface area contributed by atoms with Gasteiger partial charge in [0.15, 0.2) is 0 Å². The monoisotopic (exact) mass is 275 g/mol. The third-order valence-corrected chi connectivity index (χ3v) is 2.75. The number of aromatic nitrogens is 1. The van der Waals surface area contributed by atoms with Crippen molar-refractivity contribution < 1.29 is 13.9 Å². The van der Waals surface area contributed by atoms with Crippen molar-refractivity contribution in [3.05, 3.63) is 47.4 Å². The molecule has 0 saturated heterocycles. The first-order valence-corrected chi connectivity index (χ1v) is 5.88. The van der Waals surface area contributed by atoms with Crippen LogP contribution in [0.2, 0.25) is 0 Å². The van der Waals surface area contributed by atoms with E-state index in [1.807, 2.05) is 0 Å². The first kappa shape index (κ1) is 13.8. The van der Waals surface area contributed by atoms with Gasteiger partial charge in [-0.25, -0.2) is 14.2 Å². The maximum absolute atomic E-state index is 13.5. The fourth-order valence-electron chi connectivity index (χ4n) is 1.65. The van der Waals surface area contributed by atoms with Gasteiger partial charge in [-0.1, -0.05) is 6.07 Å². The minimum atomic E-state index is -0.570. The van der Waals surface area contributed by atoms with E-state index in [4.69, 9.17) is 5.73 Å². The zero-order chi connectivity index (χ0) is 14.7. The number of benzene rings is 1. The van der Waals surface area contributed by atoms with Crippen molar-refractivity contribution in [2.75, 3.05) is 18.2 Å². The third-order valence-electron chi connectivity index (χ3n) is 2.75. The van der Waals surface area contributed by atoms with Gasteiger partial charge in [0.05, 0.1) is 19.0 Å². The van der Waals surface area contributed by atoms with Gasteiger partial charge in [0, 0.05) is 5.69 Å². The molecule has 0 fully saturated rings. The Morgan fingerprint density at radius 2 is 2.15 bits per heavy atom. The Bertz CT molecular complexity index is 659. The molecule has 20 heavy (non-hydrogen) atoms. The van der Waals surface area contributed by atoms with Gasteiger partial charge in [-0.3, -0.25) is 0 Å². The van der Waals surface area contributed by atoms with Crippen molar-refractivity contribution in [1.82, 2.24) is 4.98 Å². The summed E-state index contributed by atoms with van der Waals surface area (Å²) in [5, 5.41) is 2.88.